The molecule has 5 rings (SSSR count). The standard InChI is InChI=1S/C38H52N6O3Si/c1-25-12-13-26(22-43(9)29-14-15-29)18-32(25)42-34-40-17-16-31(41-34)27-19-28(21-39)33-30(20-27)38(8,24-46-48(10,11)37(5,6)7)23-44(33)35(45)47-36(2,3)4/h12-13,16-20,29H,14-15,22-24H2,1-11H3,(H,40,41,42). The van der Waals surface area contributed by atoms with Crippen LogP contribution in [0.15, 0.2) is 42.6 Å². The van der Waals surface area contributed by atoms with Crippen molar-refractivity contribution in [3.63, 3.8) is 0 Å². The fraction of sp³-hybridized carbons (Fsp3) is 0.526. The van der Waals surface area contributed by atoms with Gasteiger partial charge in [-0.1, -0.05) is 39.8 Å². The second kappa shape index (κ2) is 12.9. The molecule has 1 aromatic heterocycles. The van der Waals surface area contributed by atoms with E-state index in [4.69, 9.17) is 14.1 Å². The number of carbonyl (C=O) groups excluding carboxylic acids is 1. The van der Waals surface area contributed by atoms with E-state index in [2.05, 4.69) is 100 Å². The molecule has 1 unspecified atom stereocenters. The molecule has 0 spiro atoms. The van der Waals surface area contributed by atoms with Crippen molar-refractivity contribution >= 4 is 31.7 Å². The molecule has 1 aliphatic carbocycles. The molecule has 2 aliphatic rings. The minimum Gasteiger partial charge on any atom is -0.443 e. The fourth-order valence-electron chi connectivity index (χ4n) is 5.82. The molecule has 1 fully saturated rings. The van der Waals surface area contributed by atoms with Gasteiger partial charge in [-0.15, -0.1) is 0 Å². The molecule has 1 atom stereocenters. The Labute approximate surface area is 287 Å². The molecular formula is C38H52N6O3Si. The summed E-state index contributed by atoms with van der Waals surface area (Å²) in [6, 6.07) is 15.3. The number of nitriles is 1. The number of anilines is 3. The molecule has 9 nitrogen and oxygen atoms in total. The fourth-order valence-corrected chi connectivity index (χ4v) is 6.93. The lowest BCUT2D eigenvalue weighted by atomic mass is 9.83. The van der Waals surface area contributed by atoms with Gasteiger partial charge in [0.05, 0.1) is 16.9 Å². The highest BCUT2D eigenvalue weighted by Gasteiger charge is 2.47. The summed E-state index contributed by atoms with van der Waals surface area (Å²) in [6.07, 6.45) is 3.80. The highest BCUT2D eigenvalue weighted by atomic mass is 28.4. The van der Waals surface area contributed by atoms with Gasteiger partial charge in [-0.2, -0.15) is 5.26 Å². The predicted octanol–water partition coefficient (Wildman–Crippen LogP) is 8.70. The minimum atomic E-state index is -2.12. The molecule has 0 radical (unpaired) electrons. The maximum absolute atomic E-state index is 13.6. The average molecular weight is 669 g/mol. The Balaban J connectivity index is 1.51. The highest BCUT2D eigenvalue weighted by Crippen LogP contribution is 2.47. The van der Waals surface area contributed by atoms with Crippen LogP contribution in [0.25, 0.3) is 11.3 Å². The van der Waals surface area contributed by atoms with Gasteiger partial charge < -0.3 is 14.5 Å². The Morgan fingerprint density at radius 3 is 2.48 bits per heavy atom. The summed E-state index contributed by atoms with van der Waals surface area (Å²) < 4.78 is 12.6. The van der Waals surface area contributed by atoms with Gasteiger partial charge in [0.25, 0.3) is 0 Å². The number of fused-ring (bicyclic) bond motifs is 1. The number of amides is 1. The Bertz CT molecular complexity index is 1730. The molecule has 0 saturated heterocycles. The predicted molar refractivity (Wildman–Crippen MR) is 195 cm³/mol. The maximum atomic E-state index is 13.6. The molecular weight excluding hydrogens is 617 g/mol. The molecule has 1 N–H and O–H groups in total. The number of hydrogen-bond donors (Lipinski definition) is 1. The minimum absolute atomic E-state index is 0.0185. The van der Waals surface area contributed by atoms with Crippen LogP contribution < -0.4 is 10.2 Å². The summed E-state index contributed by atoms with van der Waals surface area (Å²) >= 11 is 0. The van der Waals surface area contributed by atoms with Crippen molar-refractivity contribution in [3.05, 3.63) is 64.8 Å². The molecule has 10 heteroatoms. The van der Waals surface area contributed by atoms with Crippen LogP contribution in [0.4, 0.5) is 22.1 Å². The summed E-state index contributed by atoms with van der Waals surface area (Å²) in [7, 11) is 0.0570. The van der Waals surface area contributed by atoms with Crippen LogP contribution in [0.3, 0.4) is 0 Å². The number of nitrogens with zero attached hydrogens (tertiary/aromatic N) is 5. The lowest BCUT2D eigenvalue weighted by Crippen LogP contribution is -2.46. The summed E-state index contributed by atoms with van der Waals surface area (Å²) in [5, 5.41) is 13.9. The topological polar surface area (TPSA) is 104 Å². The second-order valence-corrected chi connectivity index (χ2v) is 21.2. The zero-order valence-electron chi connectivity index (χ0n) is 30.6. The molecule has 1 saturated carbocycles. The van der Waals surface area contributed by atoms with E-state index in [1.807, 2.05) is 32.9 Å². The Morgan fingerprint density at radius 2 is 1.85 bits per heavy atom. The number of hydrogen-bond acceptors (Lipinski definition) is 8. The van der Waals surface area contributed by atoms with Crippen LogP contribution in [0, 0.1) is 18.3 Å². The molecule has 2 aromatic carbocycles. The number of ether oxygens (including phenoxy) is 1. The van der Waals surface area contributed by atoms with E-state index >= 15 is 0 Å². The van der Waals surface area contributed by atoms with Gasteiger partial charge in [0.2, 0.25) is 5.95 Å². The molecule has 1 amide bonds. The van der Waals surface area contributed by atoms with Crippen LogP contribution in [0.5, 0.6) is 0 Å². The van der Waals surface area contributed by atoms with Crippen LogP contribution >= 0.6 is 0 Å². The Hall–Kier alpha value is -3.78. The van der Waals surface area contributed by atoms with Gasteiger partial charge in [0.15, 0.2) is 8.32 Å². The quantitative estimate of drug-likeness (QED) is 0.226. The molecule has 48 heavy (non-hydrogen) atoms. The SMILES string of the molecule is Cc1ccc(CN(C)C2CC2)cc1Nc1nccc(-c2cc(C#N)c3c(c2)C(C)(CO[Si](C)(C)C(C)(C)C)CN3C(=O)OC(C)(C)C)n1. The molecule has 256 valence electrons. The zero-order valence-corrected chi connectivity index (χ0v) is 31.6. The lowest BCUT2D eigenvalue weighted by molar-refractivity contribution is 0.0575. The van der Waals surface area contributed by atoms with Gasteiger partial charge in [-0.25, -0.2) is 14.8 Å². The summed E-state index contributed by atoms with van der Waals surface area (Å²) in [5.41, 5.74) is 5.33. The van der Waals surface area contributed by atoms with E-state index in [9.17, 15) is 10.1 Å². The van der Waals surface area contributed by atoms with E-state index < -0.39 is 25.4 Å². The van der Waals surface area contributed by atoms with Gasteiger partial charge >= 0.3 is 6.09 Å². The van der Waals surface area contributed by atoms with Crippen molar-refractivity contribution in [3.8, 4) is 17.3 Å². The van der Waals surface area contributed by atoms with Gasteiger partial charge in [0, 0.05) is 48.6 Å². The number of rotatable bonds is 9. The summed E-state index contributed by atoms with van der Waals surface area (Å²) in [6.45, 7) is 22.5. The monoisotopic (exact) mass is 668 g/mol. The number of benzene rings is 2. The van der Waals surface area contributed by atoms with Crippen molar-refractivity contribution in [1.29, 1.82) is 5.26 Å². The molecule has 3 aromatic rings. The van der Waals surface area contributed by atoms with Crippen molar-refractivity contribution in [2.45, 2.75) is 110 Å². The lowest BCUT2D eigenvalue weighted by Gasteiger charge is -2.39. The Morgan fingerprint density at radius 1 is 1.15 bits per heavy atom. The van der Waals surface area contributed by atoms with E-state index in [-0.39, 0.29) is 5.04 Å². The highest BCUT2D eigenvalue weighted by molar-refractivity contribution is 6.74. The third-order valence-corrected chi connectivity index (χ3v) is 14.4. The maximum Gasteiger partial charge on any atom is 0.414 e. The molecule has 0 bridgehead atoms. The van der Waals surface area contributed by atoms with Gasteiger partial charge in [-0.05, 0) is 107 Å². The Kier molecular flexibility index (Phi) is 9.56. The first kappa shape index (κ1) is 35.5. The number of aromatic nitrogens is 2. The number of aryl methyl sites for hydroxylation is 1. The normalized spacial score (nSPS) is 18.1. The number of nitrogens with one attached hydrogen (secondary N) is 1. The van der Waals surface area contributed by atoms with E-state index in [0.29, 0.717) is 42.1 Å². The first-order valence-corrected chi connectivity index (χ1v) is 19.8. The van der Waals surface area contributed by atoms with Crippen molar-refractivity contribution < 1.29 is 14.0 Å². The summed E-state index contributed by atoms with van der Waals surface area (Å²) in [5.74, 6) is 0.474. The van der Waals surface area contributed by atoms with Gasteiger partial charge in [0.1, 0.15) is 11.7 Å². The van der Waals surface area contributed by atoms with E-state index in [0.717, 1.165) is 28.9 Å². The zero-order chi connectivity index (χ0) is 35.2. The van der Waals surface area contributed by atoms with Crippen LogP contribution in [-0.4, -0.2) is 61.1 Å². The second-order valence-electron chi connectivity index (χ2n) is 16.4. The largest absolute Gasteiger partial charge is 0.443 e. The van der Waals surface area contributed by atoms with Crippen molar-refractivity contribution in [1.82, 2.24) is 14.9 Å². The average Bonchev–Trinajstić information content (AvgIpc) is 3.80. The molecule has 1 aliphatic heterocycles. The number of carbonyl (C=O) groups is 1. The third kappa shape index (κ3) is 7.75. The van der Waals surface area contributed by atoms with E-state index in [1.54, 1.807) is 11.1 Å². The van der Waals surface area contributed by atoms with Crippen molar-refractivity contribution in [2.24, 2.45) is 0 Å². The third-order valence-electron chi connectivity index (χ3n) is 9.93. The van der Waals surface area contributed by atoms with Crippen LogP contribution in [0.2, 0.25) is 18.1 Å². The van der Waals surface area contributed by atoms with Crippen molar-refractivity contribution in [2.75, 3.05) is 30.4 Å². The first-order valence-electron chi connectivity index (χ1n) is 16.9. The first-order chi connectivity index (χ1) is 22.3. The van der Waals surface area contributed by atoms with Crippen LogP contribution in [-0.2, 0) is 21.1 Å². The summed E-state index contributed by atoms with van der Waals surface area (Å²) in [4.78, 5) is 27.1. The van der Waals surface area contributed by atoms with Gasteiger partial charge in [-0.3, -0.25) is 9.80 Å². The molecule has 2 heterocycles. The van der Waals surface area contributed by atoms with Crippen LogP contribution in [0.1, 0.15) is 83.6 Å². The van der Waals surface area contributed by atoms with E-state index in [1.165, 1.54) is 18.4 Å². The smallest absolute Gasteiger partial charge is 0.414 e.